The molecule has 1 atom stereocenters. The second kappa shape index (κ2) is 8.81. The van der Waals surface area contributed by atoms with Crippen molar-refractivity contribution in [2.24, 2.45) is 0 Å². The fraction of sp³-hybridized carbons (Fsp3) is 0.438. The van der Waals surface area contributed by atoms with E-state index >= 15 is 0 Å². The molecule has 1 aromatic heterocycles. The van der Waals surface area contributed by atoms with E-state index in [0.29, 0.717) is 6.07 Å². The molecule has 2 heterocycles. The minimum atomic E-state index is -4.92. The zero-order valence-electron chi connectivity index (χ0n) is 16.0. The number of hydrogen-bond acceptors (Lipinski definition) is 4. The van der Waals surface area contributed by atoms with Gasteiger partial charge in [-0.25, -0.2) is 22.8 Å². The Morgan fingerprint density at radius 2 is 1.78 bits per heavy atom. The highest BCUT2D eigenvalue weighted by atomic mass is 31.2. The van der Waals surface area contributed by atoms with E-state index < -0.39 is 67.6 Å². The predicted molar refractivity (Wildman–Crippen MR) is 94.0 cm³/mol. The standard InChI is InChI=1S/C16H16F6N5O4P/c17-10-6-12(19)11(18)4-8(10)3-9(25-32(29,30)31)5-14(28)26-1-2-27-13(7-26)23-24-15(27)16(20,21)22/h4,6,9H,1-3,5,7H2,(H3,25,29,30,31). The van der Waals surface area contributed by atoms with Crippen molar-refractivity contribution in [1.82, 2.24) is 24.8 Å². The van der Waals surface area contributed by atoms with Crippen LogP contribution < -0.4 is 5.09 Å². The maximum Gasteiger partial charge on any atom is 0.451 e. The molecule has 3 N–H and O–H groups in total. The first-order chi connectivity index (χ1) is 14.7. The number of nitrogens with one attached hydrogen (secondary N) is 1. The molecule has 16 heteroatoms. The van der Waals surface area contributed by atoms with Gasteiger partial charge in [0, 0.05) is 31.6 Å². The van der Waals surface area contributed by atoms with Crippen molar-refractivity contribution in [2.75, 3.05) is 6.54 Å². The fourth-order valence-corrected chi connectivity index (χ4v) is 3.97. The molecule has 0 aliphatic carbocycles. The van der Waals surface area contributed by atoms with Crippen LogP contribution in [0.3, 0.4) is 0 Å². The third-order valence-corrected chi connectivity index (χ3v) is 5.39. The number of aromatic nitrogens is 3. The number of hydrogen-bond donors (Lipinski definition) is 3. The number of halogens is 6. The molecule has 176 valence electrons. The number of carbonyl (C=O) groups is 1. The topological polar surface area (TPSA) is 121 Å². The Morgan fingerprint density at radius 1 is 1.12 bits per heavy atom. The number of benzene rings is 1. The van der Waals surface area contributed by atoms with Crippen LogP contribution in [0.25, 0.3) is 0 Å². The molecule has 0 radical (unpaired) electrons. The van der Waals surface area contributed by atoms with Crippen LogP contribution in [0.2, 0.25) is 0 Å². The van der Waals surface area contributed by atoms with E-state index in [9.17, 15) is 45.5 Å². The van der Waals surface area contributed by atoms with E-state index in [1.807, 2.05) is 5.09 Å². The van der Waals surface area contributed by atoms with Gasteiger partial charge in [-0.2, -0.15) is 13.2 Å². The SMILES string of the molecule is O=C(CC(Cc1cc(F)c(F)cc1F)NP(=O)(O)O)N1CCn2c(nnc2C(F)(F)F)C1. The zero-order chi connectivity index (χ0) is 23.8. The Hall–Kier alpha value is -2.48. The summed E-state index contributed by atoms with van der Waals surface area (Å²) in [5.41, 5.74) is -0.434. The highest BCUT2D eigenvalue weighted by Crippen LogP contribution is 2.32. The number of fused-ring (bicyclic) bond motifs is 1. The number of rotatable bonds is 6. The Kier molecular flexibility index (Phi) is 6.65. The van der Waals surface area contributed by atoms with Crippen LogP contribution in [0, 0.1) is 17.5 Å². The highest BCUT2D eigenvalue weighted by molar-refractivity contribution is 7.49. The van der Waals surface area contributed by atoms with Crippen LogP contribution in [0.5, 0.6) is 0 Å². The summed E-state index contributed by atoms with van der Waals surface area (Å²) in [5.74, 6) is -6.12. The summed E-state index contributed by atoms with van der Waals surface area (Å²) in [6.45, 7) is -0.781. The van der Waals surface area contributed by atoms with Gasteiger partial charge in [0.1, 0.15) is 5.82 Å². The smallest absolute Gasteiger partial charge is 0.333 e. The molecule has 0 saturated heterocycles. The van der Waals surface area contributed by atoms with Crippen LogP contribution in [-0.4, -0.2) is 47.9 Å². The van der Waals surface area contributed by atoms with Gasteiger partial charge >= 0.3 is 13.9 Å². The van der Waals surface area contributed by atoms with Crippen LogP contribution in [0.4, 0.5) is 26.3 Å². The summed E-state index contributed by atoms with van der Waals surface area (Å²) in [7, 11) is -4.92. The zero-order valence-corrected chi connectivity index (χ0v) is 16.9. The van der Waals surface area contributed by atoms with Crippen molar-refractivity contribution >= 4 is 13.7 Å². The van der Waals surface area contributed by atoms with Gasteiger partial charge in [0.05, 0.1) is 6.54 Å². The molecule has 0 fully saturated rings. The second-order valence-electron chi connectivity index (χ2n) is 7.04. The summed E-state index contributed by atoms with van der Waals surface area (Å²) < 4.78 is 91.4. The Balaban J connectivity index is 1.75. The van der Waals surface area contributed by atoms with Crippen molar-refractivity contribution in [1.29, 1.82) is 0 Å². The second-order valence-corrected chi connectivity index (χ2v) is 8.39. The summed E-state index contributed by atoms with van der Waals surface area (Å²) in [6, 6.07) is -0.629. The van der Waals surface area contributed by atoms with Crippen molar-refractivity contribution in [3.05, 3.63) is 46.8 Å². The molecule has 0 spiro atoms. The predicted octanol–water partition coefficient (Wildman–Crippen LogP) is 1.74. The first-order valence-electron chi connectivity index (χ1n) is 8.98. The van der Waals surface area contributed by atoms with Crippen LogP contribution in [0.1, 0.15) is 23.6 Å². The van der Waals surface area contributed by atoms with E-state index in [1.54, 1.807) is 0 Å². The largest absolute Gasteiger partial charge is 0.451 e. The molecule has 1 aromatic carbocycles. The molecule has 2 aromatic rings. The molecular weight excluding hydrogens is 471 g/mol. The molecule has 0 bridgehead atoms. The third-order valence-electron chi connectivity index (χ3n) is 4.69. The molecule has 3 rings (SSSR count). The van der Waals surface area contributed by atoms with Gasteiger partial charge in [-0.05, 0) is 18.1 Å². The van der Waals surface area contributed by atoms with Crippen molar-refractivity contribution in [3.8, 4) is 0 Å². The minimum Gasteiger partial charge on any atom is -0.333 e. The maximum atomic E-state index is 13.9. The van der Waals surface area contributed by atoms with Gasteiger partial charge in [-0.15, -0.1) is 10.2 Å². The van der Waals surface area contributed by atoms with Gasteiger partial charge < -0.3 is 19.3 Å². The highest BCUT2D eigenvalue weighted by Gasteiger charge is 2.40. The Labute approximate surface area is 176 Å². The summed E-state index contributed by atoms with van der Waals surface area (Å²) in [4.78, 5) is 32.1. The molecule has 9 nitrogen and oxygen atoms in total. The number of alkyl halides is 3. The average molecular weight is 487 g/mol. The maximum absolute atomic E-state index is 13.9. The number of carbonyl (C=O) groups excluding carboxylic acids is 1. The summed E-state index contributed by atoms with van der Waals surface area (Å²) in [6.07, 6.45) is -5.93. The summed E-state index contributed by atoms with van der Waals surface area (Å²) in [5, 5.41) is 8.34. The van der Waals surface area contributed by atoms with E-state index in [0.717, 1.165) is 9.47 Å². The van der Waals surface area contributed by atoms with Crippen LogP contribution >= 0.6 is 7.75 Å². The molecule has 1 aliphatic heterocycles. The third kappa shape index (κ3) is 5.65. The average Bonchev–Trinajstić information content (AvgIpc) is 3.08. The lowest BCUT2D eigenvalue weighted by molar-refractivity contribution is -0.148. The Bertz CT molecular complexity index is 1070. The number of nitrogens with zero attached hydrogens (tertiary/aromatic N) is 4. The lowest BCUT2D eigenvalue weighted by atomic mass is 10.0. The molecule has 1 unspecified atom stereocenters. The van der Waals surface area contributed by atoms with E-state index in [1.165, 1.54) is 0 Å². The molecule has 32 heavy (non-hydrogen) atoms. The quantitative estimate of drug-likeness (QED) is 0.323. The summed E-state index contributed by atoms with van der Waals surface area (Å²) >= 11 is 0. The molecule has 0 saturated carbocycles. The lowest BCUT2D eigenvalue weighted by Gasteiger charge is -2.29. The Morgan fingerprint density at radius 3 is 2.41 bits per heavy atom. The molecule has 1 amide bonds. The van der Waals surface area contributed by atoms with Gasteiger partial charge in [0.2, 0.25) is 11.7 Å². The van der Waals surface area contributed by atoms with E-state index in [4.69, 9.17) is 0 Å². The first kappa shape index (κ1) is 24.2. The number of amides is 1. The fourth-order valence-electron chi connectivity index (χ4n) is 3.31. The normalized spacial score (nSPS) is 15.6. The van der Waals surface area contributed by atoms with Crippen LogP contribution in [-0.2, 0) is 35.0 Å². The van der Waals surface area contributed by atoms with Crippen molar-refractivity contribution < 1.29 is 45.5 Å². The van der Waals surface area contributed by atoms with Gasteiger partial charge in [-0.1, -0.05) is 0 Å². The lowest BCUT2D eigenvalue weighted by Crippen LogP contribution is -2.42. The van der Waals surface area contributed by atoms with Gasteiger partial charge in [-0.3, -0.25) is 4.79 Å². The van der Waals surface area contributed by atoms with Gasteiger partial charge in [0.15, 0.2) is 17.5 Å². The van der Waals surface area contributed by atoms with E-state index in [-0.39, 0.29) is 31.5 Å². The van der Waals surface area contributed by atoms with Gasteiger partial charge in [0.25, 0.3) is 0 Å². The molecule has 1 aliphatic rings. The monoisotopic (exact) mass is 487 g/mol. The van der Waals surface area contributed by atoms with E-state index in [2.05, 4.69) is 10.2 Å². The first-order valence-corrected chi connectivity index (χ1v) is 10.6. The molecular formula is C16H16F6N5O4P. The van der Waals surface area contributed by atoms with Crippen molar-refractivity contribution in [3.63, 3.8) is 0 Å². The van der Waals surface area contributed by atoms with Crippen molar-refractivity contribution in [2.45, 2.75) is 38.1 Å². The minimum absolute atomic E-state index is 0.136. The van der Waals surface area contributed by atoms with Crippen LogP contribution in [0.15, 0.2) is 12.1 Å².